The summed E-state index contributed by atoms with van der Waals surface area (Å²) in [6.07, 6.45) is 8.14. The number of hydrogen-bond acceptors (Lipinski definition) is 6. The van der Waals surface area contributed by atoms with Gasteiger partial charge in [-0.25, -0.2) is 19.4 Å². The Balaban J connectivity index is 1.20. The summed E-state index contributed by atoms with van der Waals surface area (Å²) < 4.78 is 13.6. The highest BCUT2D eigenvalue weighted by molar-refractivity contribution is 6.06. The van der Waals surface area contributed by atoms with Gasteiger partial charge in [0, 0.05) is 30.2 Å². The van der Waals surface area contributed by atoms with Gasteiger partial charge in [-0.15, -0.1) is 0 Å². The van der Waals surface area contributed by atoms with Crippen LogP contribution in [0.4, 0.5) is 21.6 Å². The molecule has 0 saturated heterocycles. The lowest BCUT2D eigenvalue weighted by Gasteiger charge is -2.17. The number of allylic oxidation sites excluding steroid dienone is 1. The highest BCUT2D eigenvalue weighted by atomic mass is 19.1. The number of fused-ring (bicyclic) bond motifs is 2. The molecule has 0 radical (unpaired) electrons. The molecule has 3 aromatic rings. The second kappa shape index (κ2) is 8.77. The lowest BCUT2D eigenvalue weighted by molar-refractivity contribution is -0.126. The fraction of sp³-hybridized carbons (Fsp3) is 0.179. The fourth-order valence-corrected chi connectivity index (χ4v) is 5.26. The zero-order chi connectivity index (χ0) is 25.6. The molecule has 1 aliphatic carbocycles. The number of aliphatic imine (C=N–C) groups is 1. The van der Waals surface area contributed by atoms with E-state index in [1.54, 1.807) is 29.3 Å². The van der Waals surface area contributed by atoms with E-state index in [9.17, 15) is 14.0 Å². The first kappa shape index (κ1) is 22.8. The fourth-order valence-electron chi connectivity index (χ4n) is 5.26. The summed E-state index contributed by atoms with van der Waals surface area (Å²) in [6, 6.07) is 12.0. The Kier molecular flexibility index (Phi) is 5.40. The first-order valence-electron chi connectivity index (χ1n) is 11.9. The van der Waals surface area contributed by atoms with Crippen LogP contribution >= 0.6 is 0 Å². The number of benzene rings is 2. The van der Waals surface area contributed by atoms with Crippen LogP contribution < -0.4 is 15.5 Å². The predicted octanol–water partition coefficient (Wildman–Crippen LogP) is 3.88. The van der Waals surface area contributed by atoms with Crippen molar-refractivity contribution in [2.45, 2.75) is 19.3 Å². The second-order valence-electron chi connectivity index (χ2n) is 9.38. The number of carbonyl (C=O) groups is 2. The van der Waals surface area contributed by atoms with E-state index in [1.165, 1.54) is 18.5 Å². The largest absolute Gasteiger partial charge is 0.340 e. The smallest absolute Gasteiger partial charge is 0.277 e. The van der Waals surface area contributed by atoms with Crippen LogP contribution in [0.5, 0.6) is 0 Å². The quantitative estimate of drug-likeness (QED) is 0.525. The lowest BCUT2D eigenvalue weighted by atomic mass is 9.85. The van der Waals surface area contributed by atoms with Crippen LogP contribution in [0.1, 0.15) is 27.2 Å². The van der Waals surface area contributed by atoms with Gasteiger partial charge < -0.3 is 15.5 Å². The van der Waals surface area contributed by atoms with E-state index in [-0.39, 0.29) is 23.3 Å². The molecule has 0 unspecified atom stereocenters. The van der Waals surface area contributed by atoms with E-state index in [2.05, 4.69) is 32.2 Å². The van der Waals surface area contributed by atoms with Crippen LogP contribution in [0, 0.1) is 11.2 Å². The van der Waals surface area contributed by atoms with Gasteiger partial charge in [0.2, 0.25) is 5.91 Å². The van der Waals surface area contributed by atoms with Crippen molar-refractivity contribution in [2.75, 3.05) is 16.8 Å². The minimum absolute atomic E-state index is 0.0559. The molecule has 0 fully saturated rings. The van der Waals surface area contributed by atoms with Crippen molar-refractivity contribution in [1.82, 2.24) is 15.3 Å². The van der Waals surface area contributed by atoms with Gasteiger partial charge in [0.05, 0.1) is 5.41 Å². The number of aromatic nitrogens is 2. The standard InChI is InChI=1S/C28H23FN6O2/c1-2-8-30-25-15-28(27(37)34-25)13-18-3-5-21(11-19(18)14-28)33-24-12-22(31-16-32-24)26(36)35-9-7-17-10-20(29)4-6-23(17)35/h2-6,8,10-12,15-16H,1,7,9,13-14H2,(H,34,37)(H,31,32,33)/b30-8-/t28-/m1/s1. The summed E-state index contributed by atoms with van der Waals surface area (Å²) in [6.45, 7) is 4.09. The van der Waals surface area contributed by atoms with E-state index >= 15 is 0 Å². The molecule has 2 aliphatic heterocycles. The van der Waals surface area contributed by atoms with Gasteiger partial charge in [-0.05, 0) is 72.4 Å². The number of nitrogens with one attached hydrogen (secondary N) is 2. The minimum atomic E-state index is -0.641. The van der Waals surface area contributed by atoms with E-state index < -0.39 is 5.41 Å². The van der Waals surface area contributed by atoms with Crippen molar-refractivity contribution in [3.8, 4) is 0 Å². The summed E-state index contributed by atoms with van der Waals surface area (Å²) in [7, 11) is 0. The van der Waals surface area contributed by atoms with Crippen LogP contribution in [0.2, 0.25) is 0 Å². The van der Waals surface area contributed by atoms with Crippen molar-refractivity contribution in [3.63, 3.8) is 0 Å². The third kappa shape index (κ3) is 4.08. The van der Waals surface area contributed by atoms with Gasteiger partial charge >= 0.3 is 0 Å². The Morgan fingerprint density at radius 3 is 2.86 bits per heavy atom. The summed E-state index contributed by atoms with van der Waals surface area (Å²) in [4.78, 5) is 40.2. The molecule has 37 heavy (non-hydrogen) atoms. The molecule has 3 aliphatic rings. The molecular formula is C28H23FN6O2. The minimum Gasteiger partial charge on any atom is -0.340 e. The number of nitrogens with zero attached hydrogens (tertiary/aromatic N) is 4. The van der Waals surface area contributed by atoms with Crippen molar-refractivity contribution in [2.24, 2.45) is 10.4 Å². The molecule has 9 heteroatoms. The number of halogens is 1. The molecule has 8 nitrogen and oxygen atoms in total. The first-order chi connectivity index (χ1) is 17.9. The van der Waals surface area contributed by atoms with Gasteiger partial charge in [0.25, 0.3) is 5.91 Å². The number of rotatable bonds is 5. The molecule has 0 saturated carbocycles. The molecule has 2 amide bonds. The summed E-state index contributed by atoms with van der Waals surface area (Å²) in [5.41, 5.74) is 4.08. The molecule has 1 aromatic heterocycles. The van der Waals surface area contributed by atoms with Crippen LogP contribution in [0.25, 0.3) is 0 Å². The van der Waals surface area contributed by atoms with Crippen molar-refractivity contribution in [3.05, 3.63) is 102 Å². The van der Waals surface area contributed by atoms with Gasteiger partial charge in [-0.3, -0.25) is 9.59 Å². The van der Waals surface area contributed by atoms with Gasteiger partial charge in [0.1, 0.15) is 29.5 Å². The van der Waals surface area contributed by atoms with Crippen molar-refractivity contribution in [1.29, 1.82) is 0 Å². The monoisotopic (exact) mass is 494 g/mol. The Morgan fingerprint density at radius 1 is 1.14 bits per heavy atom. The average Bonchev–Trinajstić information content (AvgIpc) is 3.56. The van der Waals surface area contributed by atoms with Crippen LogP contribution in [0.3, 0.4) is 0 Å². The highest BCUT2D eigenvalue weighted by Gasteiger charge is 2.46. The summed E-state index contributed by atoms with van der Waals surface area (Å²) >= 11 is 0. The topological polar surface area (TPSA) is 99.6 Å². The second-order valence-corrected chi connectivity index (χ2v) is 9.38. The van der Waals surface area contributed by atoms with E-state index in [0.717, 1.165) is 22.4 Å². The number of amides is 2. The van der Waals surface area contributed by atoms with E-state index in [1.807, 2.05) is 24.3 Å². The molecular weight excluding hydrogens is 471 g/mol. The molecule has 2 aromatic carbocycles. The van der Waals surface area contributed by atoms with Crippen molar-refractivity contribution < 1.29 is 14.0 Å². The SMILES string of the molecule is C=C/C=N\C1=C[C@]2(Cc3ccc(Nc4cc(C(=O)N5CCc6cc(F)ccc65)ncn4)cc3C2)C(=O)N1. The molecule has 3 heterocycles. The maximum absolute atomic E-state index is 13.6. The molecule has 1 atom stereocenters. The van der Waals surface area contributed by atoms with Crippen molar-refractivity contribution >= 4 is 35.2 Å². The third-order valence-corrected chi connectivity index (χ3v) is 6.98. The normalized spacial score (nSPS) is 19.6. The maximum atomic E-state index is 13.6. The molecule has 2 N–H and O–H groups in total. The highest BCUT2D eigenvalue weighted by Crippen LogP contribution is 2.43. The molecule has 6 rings (SSSR count). The van der Waals surface area contributed by atoms with Crippen LogP contribution in [-0.4, -0.2) is 34.5 Å². The Hall–Kier alpha value is -4.66. The molecule has 184 valence electrons. The number of hydrogen-bond donors (Lipinski definition) is 2. The van der Waals surface area contributed by atoms with Crippen LogP contribution in [-0.2, 0) is 24.1 Å². The molecule has 0 bridgehead atoms. The third-order valence-electron chi connectivity index (χ3n) is 6.98. The maximum Gasteiger partial charge on any atom is 0.277 e. The summed E-state index contributed by atoms with van der Waals surface area (Å²) in [5.74, 6) is 0.386. The van der Waals surface area contributed by atoms with Gasteiger partial charge in [0.15, 0.2) is 0 Å². The van der Waals surface area contributed by atoms with Crippen LogP contribution in [0.15, 0.2) is 78.3 Å². The number of anilines is 3. The zero-order valence-electron chi connectivity index (χ0n) is 19.9. The van der Waals surface area contributed by atoms with Gasteiger partial charge in [-0.2, -0.15) is 0 Å². The lowest BCUT2D eigenvalue weighted by Crippen LogP contribution is -2.33. The predicted molar refractivity (Wildman–Crippen MR) is 138 cm³/mol. The Morgan fingerprint density at radius 2 is 2.00 bits per heavy atom. The number of carbonyl (C=O) groups excluding carboxylic acids is 2. The summed E-state index contributed by atoms with van der Waals surface area (Å²) in [5, 5.41) is 6.10. The van der Waals surface area contributed by atoms with E-state index in [0.29, 0.717) is 43.1 Å². The average molecular weight is 495 g/mol. The first-order valence-corrected chi connectivity index (χ1v) is 11.9. The molecule has 1 spiro atoms. The van der Waals surface area contributed by atoms with Gasteiger partial charge in [-0.1, -0.05) is 18.7 Å². The Bertz CT molecular complexity index is 1530. The van der Waals surface area contributed by atoms with E-state index in [4.69, 9.17) is 0 Å². The zero-order valence-corrected chi connectivity index (χ0v) is 19.9. The Labute approximate surface area is 212 Å².